The van der Waals surface area contributed by atoms with Crippen LogP contribution < -0.4 is 4.90 Å². The first-order valence-electron chi connectivity index (χ1n) is 7.57. The molecule has 1 amide bonds. The molecule has 144 valence electrons. The number of aromatic nitrogens is 1. The maximum absolute atomic E-state index is 12.9. The van der Waals surface area contributed by atoms with E-state index in [1.54, 1.807) is 6.07 Å². The van der Waals surface area contributed by atoms with E-state index in [-0.39, 0.29) is 22.2 Å². The molecule has 0 aliphatic heterocycles. The van der Waals surface area contributed by atoms with Crippen LogP contribution in [0.4, 0.5) is 34.5 Å². The third-order valence-electron chi connectivity index (χ3n) is 3.66. The van der Waals surface area contributed by atoms with Crippen LogP contribution in [0.3, 0.4) is 0 Å². The Morgan fingerprint density at radius 2 is 1.89 bits per heavy atom. The second kappa shape index (κ2) is 7.27. The molecule has 0 radical (unpaired) electrons. The van der Waals surface area contributed by atoms with Gasteiger partial charge in [0.2, 0.25) is 0 Å². The van der Waals surface area contributed by atoms with Crippen LogP contribution in [0.25, 0.3) is 11.3 Å². The van der Waals surface area contributed by atoms with Crippen LogP contribution in [0.15, 0.2) is 53.9 Å². The van der Waals surface area contributed by atoms with Crippen LogP contribution in [-0.4, -0.2) is 21.1 Å². The number of anilines is 2. The van der Waals surface area contributed by atoms with Crippen LogP contribution in [0.1, 0.15) is 5.56 Å². The van der Waals surface area contributed by atoms with Gasteiger partial charge in [0.15, 0.2) is 5.13 Å². The molecule has 0 aliphatic carbocycles. The van der Waals surface area contributed by atoms with Gasteiger partial charge in [0, 0.05) is 23.1 Å². The lowest BCUT2D eigenvalue weighted by Crippen LogP contribution is -2.24. The van der Waals surface area contributed by atoms with Crippen LogP contribution in [0.2, 0.25) is 0 Å². The van der Waals surface area contributed by atoms with E-state index in [2.05, 4.69) is 4.98 Å². The second-order valence-electron chi connectivity index (χ2n) is 5.49. The summed E-state index contributed by atoms with van der Waals surface area (Å²) >= 11 is 0.886. The van der Waals surface area contributed by atoms with Crippen LogP contribution >= 0.6 is 11.3 Å². The van der Waals surface area contributed by atoms with Gasteiger partial charge in [-0.2, -0.15) is 13.2 Å². The molecule has 0 saturated carbocycles. The smallest absolute Gasteiger partial charge is 0.418 e. The predicted octanol–water partition coefficient (Wildman–Crippen LogP) is 5.55. The summed E-state index contributed by atoms with van der Waals surface area (Å²) in [4.78, 5) is 26.7. The van der Waals surface area contributed by atoms with Crippen molar-refractivity contribution in [2.75, 3.05) is 4.90 Å². The van der Waals surface area contributed by atoms with E-state index in [1.165, 1.54) is 29.6 Å². The SMILES string of the molecule is O=C(O)N(c1cccc(C(F)(F)F)c1)c1nc(-c2cccc([N+](=O)[O-])c2)cs1. The lowest BCUT2D eigenvalue weighted by Gasteiger charge is -2.17. The van der Waals surface area contributed by atoms with Crippen LogP contribution in [-0.2, 0) is 6.18 Å². The third-order valence-corrected chi connectivity index (χ3v) is 4.48. The first-order chi connectivity index (χ1) is 13.2. The molecule has 1 N–H and O–H groups in total. The number of carboxylic acid groups (broad SMARTS) is 1. The minimum atomic E-state index is -4.63. The van der Waals surface area contributed by atoms with Crippen molar-refractivity contribution >= 4 is 33.9 Å². The molecule has 28 heavy (non-hydrogen) atoms. The van der Waals surface area contributed by atoms with Gasteiger partial charge < -0.3 is 5.11 Å². The number of carbonyl (C=O) groups is 1. The molecule has 7 nitrogen and oxygen atoms in total. The first-order valence-corrected chi connectivity index (χ1v) is 8.45. The summed E-state index contributed by atoms with van der Waals surface area (Å²) in [6, 6.07) is 9.44. The topological polar surface area (TPSA) is 96.6 Å². The number of halogens is 3. The molecule has 3 aromatic rings. The van der Waals surface area contributed by atoms with E-state index in [0.717, 1.165) is 23.5 Å². The van der Waals surface area contributed by atoms with Gasteiger partial charge in [-0.25, -0.2) is 14.7 Å². The average Bonchev–Trinajstić information content (AvgIpc) is 3.11. The average molecular weight is 409 g/mol. The molecule has 0 aliphatic rings. The second-order valence-corrected chi connectivity index (χ2v) is 6.33. The number of alkyl halides is 3. The Kier molecular flexibility index (Phi) is 5.01. The quantitative estimate of drug-likeness (QED) is 0.450. The predicted molar refractivity (Wildman–Crippen MR) is 95.8 cm³/mol. The van der Waals surface area contributed by atoms with Gasteiger partial charge in [-0.15, -0.1) is 11.3 Å². The van der Waals surface area contributed by atoms with Gasteiger partial charge >= 0.3 is 12.3 Å². The number of rotatable bonds is 4. The molecule has 0 unspecified atom stereocenters. The molecule has 11 heteroatoms. The Morgan fingerprint density at radius 3 is 2.54 bits per heavy atom. The molecule has 1 aromatic heterocycles. The molecule has 3 rings (SSSR count). The Balaban J connectivity index is 2.01. The van der Waals surface area contributed by atoms with Crippen LogP contribution in [0, 0.1) is 10.1 Å². The van der Waals surface area contributed by atoms with E-state index >= 15 is 0 Å². The fraction of sp³-hybridized carbons (Fsp3) is 0.0588. The van der Waals surface area contributed by atoms with Crippen LogP contribution in [0.5, 0.6) is 0 Å². The number of nitro groups is 1. The van der Waals surface area contributed by atoms with Gasteiger partial charge in [0.1, 0.15) is 0 Å². The van der Waals surface area contributed by atoms with E-state index in [0.29, 0.717) is 16.5 Å². The van der Waals surface area contributed by atoms with Crippen molar-refractivity contribution in [2.45, 2.75) is 6.18 Å². The fourth-order valence-electron chi connectivity index (χ4n) is 2.40. The number of nitrogens with zero attached hydrogens (tertiary/aromatic N) is 3. The van der Waals surface area contributed by atoms with Crippen molar-refractivity contribution in [2.24, 2.45) is 0 Å². The van der Waals surface area contributed by atoms with E-state index in [9.17, 15) is 33.2 Å². The monoisotopic (exact) mass is 409 g/mol. The van der Waals surface area contributed by atoms with Crippen molar-refractivity contribution in [3.8, 4) is 11.3 Å². The number of amides is 1. The standard InChI is InChI=1S/C17H10F3N3O4S/c18-17(19,20)11-4-2-5-12(8-11)22(16(24)25)15-21-14(9-28-15)10-3-1-6-13(7-10)23(26)27/h1-9H,(H,24,25). The van der Waals surface area contributed by atoms with Crippen molar-refractivity contribution in [3.05, 3.63) is 69.6 Å². The van der Waals surface area contributed by atoms with Gasteiger partial charge in [0.25, 0.3) is 5.69 Å². The molecule has 0 fully saturated rings. The first kappa shape index (κ1) is 19.3. The summed E-state index contributed by atoms with van der Waals surface area (Å²) in [5, 5.41) is 21.8. The zero-order chi connectivity index (χ0) is 20.5. The van der Waals surface area contributed by atoms with E-state index in [1.807, 2.05) is 0 Å². The molecule has 0 spiro atoms. The van der Waals surface area contributed by atoms with Gasteiger partial charge in [-0.1, -0.05) is 18.2 Å². The number of thiazole rings is 1. The maximum Gasteiger partial charge on any atom is 0.418 e. The Morgan fingerprint density at radius 1 is 1.18 bits per heavy atom. The molecule has 0 saturated heterocycles. The zero-order valence-electron chi connectivity index (χ0n) is 13.8. The molecule has 2 aromatic carbocycles. The number of non-ortho nitro benzene ring substituents is 1. The number of hydrogen-bond acceptors (Lipinski definition) is 5. The highest BCUT2D eigenvalue weighted by atomic mass is 32.1. The molecule has 0 atom stereocenters. The summed E-state index contributed by atoms with van der Waals surface area (Å²) in [5.74, 6) is 0. The molecule has 1 heterocycles. The fourth-order valence-corrected chi connectivity index (χ4v) is 3.25. The van der Waals surface area contributed by atoms with Gasteiger partial charge in [-0.05, 0) is 18.2 Å². The Labute approximate surface area is 159 Å². The highest BCUT2D eigenvalue weighted by molar-refractivity contribution is 7.14. The van der Waals surface area contributed by atoms with Gasteiger partial charge in [-0.3, -0.25) is 10.1 Å². The van der Waals surface area contributed by atoms with E-state index < -0.39 is 22.8 Å². The Bertz CT molecular complexity index is 1050. The number of benzene rings is 2. The van der Waals surface area contributed by atoms with Gasteiger partial charge in [0.05, 0.1) is 21.9 Å². The zero-order valence-corrected chi connectivity index (χ0v) is 14.6. The third kappa shape index (κ3) is 3.93. The minimum absolute atomic E-state index is 0.0895. The molecular formula is C17H10F3N3O4S. The highest BCUT2D eigenvalue weighted by Crippen LogP contribution is 2.36. The van der Waals surface area contributed by atoms with Crippen molar-refractivity contribution < 1.29 is 28.0 Å². The number of hydrogen-bond donors (Lipinski definition) is 1. The highest BCUT2D eigenvalue weighted by Gasteiger charge is 2.32. The normalized spacial score (nSPS) is 11.2. The van der Waals surface area contributed by atoms with Crippen molar-refractivity contribution in [1.29, 1.82) is 0 Å². The summed E-state index contributed by atoms with van der Waals surface area (Å²) < 4.78 is 38.8. The molecule has 0 bridgehead atoms. The number of nitro benzene ring substituents is 1. The lowest BCUT2D eigenvalue weighted by atomic mass is 10.1. The summed E-state index contributed by atoms with van der Waals surface area (Å²) in [5.41, 5.74) is -0.734. The lowest BCUT2D eigenvalue weighted by molar-refractivity contribution is -0.384. The summed E-state index contributed by atoms with van der Waals surface area (Å²) in [6.45, 7) is 0. The Hall–Kier alpha value is -3.47. The van der Waals surface area contributed by atoms with Crippen molar-refractivity contribution in [3.63, 3.8) is 0 Å². The van der Waals surface area contributed by atoms with Crippen molar-refractivity contribution in [1.82, 2.24) is 4.98 Å². The summed E-state index contributed by atoms with van der Waals surface area (Å²) in [7, 11) is 0. The molecular weight excluding hydrogens is 399 g/mol. The maximum atomic E-state index is 12.9. The largest absolute Gasteiger partial charge is 0.464 e. The summed E-state index contributed by atoms with van der Waals surface area (Å²) in [6.07, 6.45) is -6.14. The van der Waals surface area contributed by atoms with E-state index in [4.69, 9.17) is 0 Å². The minimum Gasteiger partial charge on any atom is -0.464 e.